The van der Waals surface area contributed by atoms with Gasteiger partial charge in [0.15, 0.2) is 0 Å². The summed E-state index contributed by atoms with van der Waals surface area (Å²) in [6.07, 6.45) is -0.561. The van der Waals surface area contributed by atoms with Crippen molar-refractivity contribution >= 4 is 46.7 Å². The first kappa shape index (κ1) is 24.0. The molecule has 33 heavy (non-hydrogen) atoms. The highest BCUT2D eigenvalue weighted by Crippen LogP contribution is 2.30. The van der Waals surface area contributed by atoms with Gasteiger partial charge < -0.3 is 14.8 Å². The van der Waals surface area contributed by atoms with Crippen molar-refractivity contribution in [2.45, 2.75) is 39.9 Å². The van der Waals surface area contributed by atoms with Gasteiger partial charge in [0.25, 0.3) is 11.8 Å². The number of esters is 2. The van der Waals surface area contributed by atoms with Crippen LogP contribution in [-0.4, -0.2) is 36.0 Å². The highest BCUT2D eigenvalue weighted by atomic mass is 35.5. The van der Waals surface area contributed by atoms with Crippen LogP contribution in [0.5, 0.6) is 0 Å². The van der Waals surface area contributed by atoms with E-state index in [1.807, 2.05) is 0 Å². The third kappa shape index (κ3) is 5.40. The first-order valence-electron chi connectivity index (χ1n) is 10.3. The first-order valence-corrected chi connectivity index (χ1v) is 10.6. The molecule has 0 atom stereocenters. The molecule has 1 aliphatic rings. The van der Waals surface area contributed by atoms with E-state index >= 15 is 0 Å². The molecule has 0 aliphatic carbocycles. The summed E-state index contributed by atoms with van der Waals surface area (Å²) in [6, 6.07) is 12.2. The molecule has 8 nitrogen and oxygen atoms in total. The van der Waals surface area contributed by atoms with E-state index in [-0.39, 0.29) is 39.8 Å². The molecule has 2 aromatic rings. The average Bonchev–Trinajstić information content (AvgIpc) is 2.96. The second kappa shape index (κ2) is 9.87. The van der Waals surface area contributed by atoms with Crippen LogP contribution in [0.15, 0.2) is 59.3 Å². The Bertz CT molecular complexity index is 1140. The van der Waals surface area contributed by atoms with Gasteiger partial charge in [-0.05, 0) is 70.2 Å². The molecule has 9 heteroatoms. The fraction of sp³-hybridized carbons (Fsp3) is 0.250. The summed E-state index contributed by atoms with van der Waals surface area (Å²) in [4.78, 5) is 50.7. The maximum atomic E-state index is 13.0. The van der Waals surface area contributed by atoms with Crippen molar-refractivity contribution in [3.8, 4) is 0 Å². The Kier molecular flexibility index (Phi) is 7.18. The lowest BCUT2D eigenvalue weighted by atomic mass is 10.2. The number of imide groups is 1. The largest absolute Gasteiger partial charge is 0.459 e. The van der Waals surface area contributed by atoms with Gasteiger partial charge in [-0.25, -0.2) is 14.5 Å². The Morgan fingerprint density at radius 2 is 1.42 bits per heavy atom. The van der Waals surface area contributed by atoms with Crippen molar-refractivity contribution in [1.29, 1.82) is 0 Å². The molecular weight excluding hydrogens is 448 g/mol. The molecule has 2 aromatic carbocycles. The van der Waals surface area contributed by atoms with Crippen molar-refractivity contribution < 1.29 is 28.7 Å². The Hall–Kier alpha value is -3.65. The van der Waals surface area contributed by atoms with Gasteiger partial charge in [0.1, 0.15) is 10.7 Å². The summed E-state index contributed by atoms with van der Waals surface area (Å²) in [7, 11) is 0. The van der Waals surface area contributed by atoms with E-state index in [4.69, 9.17) is 21.1 Å². The van der Waals surface area contributed by atoms with Gasteiger partial charge in [-0.3, -0.25) is 9.59 Å². The molecule has 1 aliphatic heterocycles. The van der Waals surface area contributed by atoms with Crippen molar-refractivity contribution in [3.05, 3.63) is 70.4 Å². The van der Waals surface area contributed by atoms with Crippen LogP contribution >= 0.6 is 11.6 Å². The number of carbonyl (C=O) groups excluding carboxylic acids is 4. The molecule has 0 aromatic heterocycles. The highest BCUT2D eigenvalue weighted by Gasteiger charge is 2.39. The van der Waals surface area contributed by atoms with Gasteiger partial charge in [-0.15, -0.1) is 0 Å². The van der Waals surface area contributed by atoms with Gasteiger partial charge in [-0.1, -0.05) is 17.7 Å². The van der Waals surface area contributed by atoms with Crippen molar-refractivity contribution in [2.75, 3.05) is 10.2 Å². The standard InChI is InChI=1S/C24H23ClN2O6/c1-13(2)32-23(30)15-8-10-18(11-9-15)27-21(28)19(25)20(22(27)29)26-17-7-5-6-16(12-17)24(31)33-14(3)4/h5-14,26H,1-4H3. The molecule has 172 valence electrons. The van der Waals surface area contributed by atoms with Gasteiger partial charge in [-0.2, -0.15) is 0 Å². The van der Waals surface area contributed by atoms with Crippen molar-refractivity contribution in [3.63, 3.8) is 0 Å². The Balaban J connectivity index is 1.79. The zero-order valence-electron chi connectivity index (χ0n) is 18.5. The van der Waals surface area contributed by atoms with E-state index in [2.05, 4.69) is 5.32 Å². The minimum Gasteiger partial charge on any atom is -0.459 e. The SMILES string of the molecule is CC(C)OC(=O)c1ccc(N2C(=O)C(Cl)=C(Nc3cccc(C(=O)OC(C)C)c3)C2=O)cc1. The number of hydrogen-bond donors (Lipinski definition) is 1. The van der Waals surface area contributed by atoms with E-state index in [0.717, 1.165) is 4.90 Å². The molecule has 0 fully saturated rings. The van der Waals surface area contributed by atoms with Crippen LogP contribution in [-0.2, 0) is 19.1 Å². The molecule has 0 unspecified atom stereocenters. The normalized spacial score (nSPS) is 13.7. The highest BCUT2D eigenvalue weighted by molar-refractivity contribution is 6.53. The molecule has 0 saturated carbocycles. The third-order valence-electron chi connectivity index (χ3n) is 4.44. The molecule has 1 heterocycles. The number of anilines is 2. The predicted molar refractivity (Wildman–Crippen MR) is 123 cm³/mol. The van der Waals surface area contributed by atoms with Crippen molar-refractivity contribution in [2.24, 2.45) is 0 Å². The van der Waals surface area contributed by atoms with Crippen LogP contribution in [0, 0.1) is 0 Å². The number of nitrogens with zero attached hydrogens (tertiary/aromatic N) is 1. The van der Waals surface area contributed by atoms with Gasteiger partial charge in [0.2, 0.25) is 0 Å². The molecule has 1 N–H and O–H groups in total. The zero-order valence-corrected chi connectivity index (χ0v) is 19.3. The van der Waals surface area contributed by atoms with Crippen LogP contribution in [0.4, 0.5) is 11.4 Å². The number of hydrogen-bond acceptors (Lipinski definition) is 7. The summed E-state index contributed by atoms with van der Waals surface area (Å²) in [6.45, 7) is 6.95. The summed E-state index contributed by atoms with van der Waals surface area (Å²) < 4.78 is 10.3. The molecule has 2 amide bonds. The number of carbonyl (C=O) groups is 4. The fourth-order valence-corrected chi connectivity index (χ4v) is 3.24. The van der Waals surface area contributed by atoms with Gasteiger partial charge in [0, 0.05) is 5.69 Å². The Labute approximate surface area is 196 Å². The van der Waals surface area contributed by atoms with Gasteiger partial charge in [0.05, 0.1) is 29.0 Å². The average molecular weight is 471 g/mol. The van der Waals surface area contributed by atoms with Crippen LogP contribution in [0.1, 0.15) is 48.4 Å². The van der Waals surface area contributed by atoms with E-state index in [1.165, 1.54) is 30.3 Å². The number of amides is 2. The summed E-state index contributed by atoms with van der Waals surface area (Å²) in [5, 5.41) is 2.53. The van der Waals surface area contributed by atoms with E-state index in [9.17, 15) is 19.2 Å². The summed E-state index contributed by atoms with van der Waals surface area (Å²) in [5.74, 6) is -2.40. The minimum atomic E-state index is -0.711. The lowest BCUT2D eigenvalue weighted by Crippen LogP contribution is -2.32. The number of ether oxygens (including phenoxy) is 2. The summed E-state index contributed by atoms with van der Waals surface area (Å²) in [5.41, 5.74) is 1.07. The maximum Gasteiger partial charge on any atom is 0.338 e. The Morgan fingerprint density at radius 1 is 0.848 bits per heavy atom. The first-order chi connectivity index (χ1) is 15.6. The number of benzene rings is 2. The second-order valence-corrected chi connectivity index (χ2v) is 8.17. The van der Waals surface area contributed by atoms with Gasteiger partial charge >= 0.3 is 11.9 Å². The van der Waals surface area contributed by atoms with E-state index < -0.39 is 23.8 Å². The predicted octanol–water partition coefficient (Wildman–Crippen LogP) is 4.25. The van der Waals surface area contributed by atoms with E-state index in [1.54, 1.807) is 45.9 Å². The van der Waals surface area contributed by atoms with Crippen LogP contribution < -0.4 is 10.2 Å². The molecule has 0 saturated heterocycles. The van der Waals surface area contributed by atoms with E-state index in [0.29, 0.717) is 5.69 Å². The van der Waals surface area contributed by atoms with Crippen LogP contribution in [0.3, 0.4) is 0 Å². The topological polar surface area (TPSA) is 102 Å². The second-order valence-electron chi connectivity index (χ2n) is 7.80. The van der Waals surface area contributed by atoms with Crippen LogP contribution in [0.25, 0.3) is 0 Å². The summed E-state index contributed by atoms with van der Waals surface area (Å²) >= 11 is 6.17. The molecule has 0 radical (unpaired) electrons. The Morgan fingerprint density at radius 3 is 2.00 bits per heavy atom. The lowest BCUT2D eigenvalue weighted by Gasteiger charge is -2.16. The molecule has 0 spiro atoms. The monoisotopic (exact) mass is 470 g/mol. The minimum absolute atomic E-state index is 0.126. The smallest absolute Gasteiger partial charge is 0.338 e. The number of nitrogens with one attached hydrogen (secondary N) is 1. The number of halogens is 1. The quantitative estimate of drug-likeness (QED) is 0.476. The van der Waals surface area contributed by atoms with Crippen LogP contribution in [0.2, 0.25) is 0 Å². The third-order valence-corrected chi connectivity index (χ3v) is 4.79. The molecule has 0 bridgehead atoms. The zero-order chi connectivity index (χ0) is 24.3. The van der Waals surface area contributed by atoms with Crippen molar-refractivity contribution in [1.82, 2.24) is 0 Å². The molecular formula is C24H23ClN2O6. The maximum absolute atomic E-state index is 13.0. The lowest BCUT2D eigenvalue weighted by molar-refractivity contribution is -0.120. The molecule has 3 rings (SSSR count). The number of rotatable bonds is 7. The fourth-order valence-electron chi connectivity index (χ4n) is 3.02.